The zero-order chi connectivity index (χ0) is 17.6. The number of fused-ring (bicyclic) bond motifs is 1. The summed E-state index contributed by atoms with van der Waals surface area (Å²) in [4.78, 5) is 21.6. The van der Waals surface area contributed by atoms with E-state index in [-0.39, 0.29) is 28.3 Å². The number of hydrogen-bond donors (Lipinski definition) is 1. The first kappa shape index (κ1) is 16.0. The molecular weight excluding hydrogens is 362 g/mol. The topological polar surface area (TPSA) is 159 Å². The van der Waals surface area contributed by atoms with Crippen molar-refractivity contribution < 1.29 is 13.3 Å². The number of aromatic nitrogens is 5. The SMILES string of the molecule is CS(=O)(=O)c1nc(N)n2nc(-c3ccc([N+](=O)[O-])cc3Cl)nc2n1. The van der Waals surface area contributed by atoms with Crippen molar-refractivity contribution in [2.45, 2.75) is 5.16 Å². The number of nitro benzene ring substituents is 1. The summed E-state index contributed by atoms with van der Waals surface area (Å²) in [5.74, 6) is -0.244. The van der Waals surface area contributed by atoms with Gasteiger partial charge in [0.15, 0.2) is 5.82 Å². The van der Waals surface area contributed by atoms with Gasteiger partial charge >= 0.3 is 0 Å². The Kier molecular flexibility index (Phi) is 3.57. The van der Waals surface area contributed by atoms with Crippen molar-refractivity contribution in [3.05, 3.63) is 33.3 Å². The van der Waals surface area contributed by atoms with Crippen molar-refractivity contribution >= 4 is 38.9 Å². The second kappa shape index (κ2) is 5.35. The lowest BCUT2D eigenvalue weighted by Gasteiger charge is -1.99. The van der Waals surface area contributed by atoms with Gasteiger partial charge in [-0.3, -0.25) is 10.1 Å². The molecule has 2 heterocycles. The van der Waals surface area contributed by atoms with Crippen LogP contribution in [0.5, 0.6) is 0 Å². The number of non-ortho nitro benzene ring substituents is 1. The zero-order valence-corrected chi connectivity index (χ0v) is 13.5. The van der Waals surface area contributed by atoms with Crippen LogP contribution in [-0.2, 0) is 9.84 Å². The Morgan fingerprint density at radius 2 is 2.00 bits per heavy atom. The summed E-state index contributed by atoms with van der Waals surface area (Å²) >= 11 is 6.02. The minimum absolute atomic E-state index is 0.0509. The number of nitro groups is 1. The van der Waals surface area contributed by atoms with E-state index in [9.17, 15) is 18.5 Å². The average molecular weight is 370 g/mol. The molecular formula is C11H8ClN7O4S. The maximum Gasteiger partial charge on any atom is 0.270 e. The van der Waals surface area contributed by atoms with Crippen molar-refractivity contribution in [1.29, 1.82) is 0 Å². The Hall–Kier alpha value is -2.86. The molecule has 0 saturated heterocycles. The van der Waals surface area contributed by atoms with Gasteiger partial charge in [0, 0.05) is 24.0 Å². The molecule has 0 fully saturated rings. The summed E-state index contributed by atoms with van der Waals surface area (Å²) in [6, 6.07) is 3.76. The normalized spacial score (nSPS) is 11.8. The first-order valence-corrected chi connectivity index (χ1v) is 8.48. The standard InChI is InChI=1S/C11H8ClN7O4S/c1-24(22,23)11-15-9(13)18-10(16-11)14-8(17-18)6-3-2-5(19(20)21)4-7(6)12/h2-4H,1H3,(H2,13,14,15,16,17). The maximum absolute atomic E-state index is 11.5. The highest BCUT2D eigenvalue weighted by molar-refractivity contribution is 7.90. The maximum atomic E-state index is 11.5. The van der Waals surface area contributed by atoms with E-state index < -0.39 is 19.9 Å². The Bertz CT molecular complexity index is 1100. The summed E-state index contributed by atoms with van der Waals surface area (Å²) in [5, 5.41) is 14.4. The van der Waals surface area contributed by atoms with E-state index in [0.717, 1.165) is 16.8 Å². The fourth-order valence-electron chi connectivity index (χ4n) is 1.86. The number of halogens is 1. The highest BCUT2D eigenvalue weighted by Crippen LogP contribution is 2.29. The van der Waals surface area contributed by atoms with E-state index in [4.69, 9.17) is 17.3 Å². The zero-order valence-electron chi connectivity index (χ0n) is 11.9. The molecule has 11 nitrogen and oxygen atoms in total. The molecule has 0 saturated carbocycles. The molecule has 1 aromatic carbocycles. The molecule has 3 aromatic rings. The first-order chi connectivity index (χ1) is 11.2. The van der Waals surface area contributed by atoms with Gasteiger partial charge in [-0.15, -0.1) is 5.10 Å². The third-order valence-electron chi connectivity index (χ3n) is 2.95. The van der Waals surface area contributed by atoms with Crippen molar-refractivity contribution in [1.82, 2.24) is 24.6 Å². The van der Waals surface area contributed by atoms with Crippen LogP contribution >= 0.6 is 11.6 Å². The predicted octanol–water partition coefficient (Wildman–Crippen LogP) is 0.734. The lowest BCUT2D eigenvalue weighted by atomic mass is 10.2. The van der Waals surface area contributed by atoms with Crippen LogP contribution in [0.2, 0.25) is 5.02 Å². The van der Waals surface area contributed by atoms with Crippen LogP contribution in [0.25, 0.3) is 17.2 Å². The molecule has 0 aliphatic rings. The highest BCUT2D eigenvalue weighted by Gasteiger charge is 2.19. The van der Waals surface area contributed by atoms with Crippen LogP contribution in [0.15, 0.2) is 23.4 Å². The van der Waals surface area contributed by atoms with E-state index in [0.29, 0.717) is 5.56 Å². The summed E-state index contributed by atoms with van der Waals surface area (Å²) in [5.41, 5.74) is 5.78. The molecule has 2 aromatic heterocycles. The Morgan fingerprint density at radius 1 is 1.29 bits per heavy atom. The van der Waals surface area contributed by atoms with Gasteiger partial charge in [0.25, 0.3) is 16.6 Å². The van der Waals surface area contributed by atoms with Crippen LogP contribution < -0.4 is 5.73 Å². The highest BCUT2D eigenvalue weighted by atomic mass is 35.5. The fraction of sp³-hybridized carbons (Fsp3) is 0.0909. The van der Waals surface area contributed by atoms with E-state index in [1.54, 1.807) is 0 Å². The second-order valence-corrected chi connectivity index (χ2v) is 7.02. The molecule has 0 amide bonds. The average Bonchev–Trinajstić information content (AvgIpc) is 2.90. The van der Waals surface area contributed by atoms with Crippen LogP contribution in [0.3, 0.4) is 0 Å². The molecule has 2 N–H and O–H groups in total. The molecule has 0 bridgehead atoms. The van der Waals surface area contributed by atoms with Gasteiger partial charge in [0.2, 0.25) is 15.8 Å². The fourth-order valence-corrected chi connectivity index (χ4v) is 2.63. The Morgan fingerprint density at radius 3 is 2.58 bits per heavy atom. The number of nitrogens with two attached hydrogens (primary N) is 1. The lowest BCUT2D eigenvalue weighted by Crippen LogP contribution is -2.11. The monoisotopic (exact) mass is 369 g/mol. The van der Waals surface area contributed by atoms with Gasteiger partial charge in [-0.1, -0.05) is 11.6 Å². The summed E-state index contributed by atoms with van der Waals surface area (Å²) in [6.45, 7) is 0. The summed E-state index contributed by atoms with van der Waals surface area (Å²) in [7, 11) is -3.68. The number of nitrogen functional groups attached to an aromatic ring is 1. The molecule has 0 aliphatic carbocycles. The van der Waals surface area contributed by atoms with Gasteiger partial charge in [-0.05, 0) is 6.07 Å². The quantitative estimate of drug-likeness (QED) is 0.518. The Labute approximate surface area is 139 Å². The van der Waals surface area contributed by atoms with Crippen molar-refractivity contribution in [3.8, 4) is 11.4 Å². The molecule has 24 heavy (non-hydrogen) atoms. The van der Waals surface area contributed by atoms with Crippen molar-refractivity contribution in [3.63, 3.8) is 0 Å². The molecule has 0 unspecified atom stereocenters. The van der Waals surface area contributed by atoms with Gasteiger partial charge in [0.1, 0.15) is 0 Å². The van der Waals surface area contributed by atoms with E-state index in [1.165, 1.54) is 12.1 Å². The minimum atomic E-state index is -3.68. The van der Waals surface area contributed by atoms with E-state index in [2.05, 4.69) is 20.1 Å². The largest absolute Gasteiger partial charge is 0.368 e. The second-order valence-electron chi connectivity index (χ2n) is 4.71. The number of hydrogen-bond acceptors (Lipinski definition) is 9. The molecule has 0 spiro atoms. The number of nitrogens with zero attached hydrogens (tertiary/aromatic N) is 6. The minimum Gasteiger partial charge on any atom is -0.368 e. The Balaban J connectivity index is 2.18. The summed E-state index contributed by atoms with van der Waals surface area (Å²) in [6.07, 6.45) is 0.933. The van der Waals surface area contributed by atoms with Crippen LogP contribution in [0, 0.1) is 10.1 Å². The molecule has 0 aliphatic heterocycles. The van der Waals surface area contributed by atoms with Gasteiger partial charge < -0.3 is 5.73 Å². The van der Waals surface area contributed by atoms with Crippen LogP contribution in [-0.4, -0.2) is 44.2 Å². The predicted molar refractivity (Wildman–Crippen MR) is 83.2 cm³/mol. The first-order valence-electron chi connectivity index (χ1n) is 6.21. The van der Waals surface area contributed by atoms with Gasteiger partial charge in [-0.2, -0.15) is 19.5 Å². The van der Waals surface area contributed by atoms with E-state index in [1.807, 2.05) is 0 Å². The number of anilines is 1. The summed E-state index contributed by atoms with van der Waals surface area (Å²) < 4.78 is 24.1. The molecule has 13 heteroatoms. The smallest absolute Gasteiger partial charge is 0.270 e. The van der Waals surface area contributed by atoms with Crippen LogP contribution in [0.1, 0.15) is 0 Å². The van der Waals surface area contributed by atoms with E-state index >= 15 is 0 Å². The molecule has 124 valence electrons. The molecule has 0 radical (unpaired) electrons. The number of sulfone groups is 1. The number of benzene rings is 1. The van der Waals surface area contributed by atoms with Crippen molar-refractivity contribution in [2.75, 3.05) is 12.0 Å². The number of rotatable bonds is 3. The van der Waals surface area contributed by atoms with Crippen LogP contribution in [0.4, 0.5) is 11.6 Å². The molecule has 3 rings (SSSR count). The molecule has 0 atom stereocenters. The third kappa shape index (κ3) is 2.72. The van der Waals surface area contributed by atoms with Gasteiger partial charge in [0.05, 0.1) is 9.95 Å². The van der Waals surface area contributed by atoms with Gasteiger partial charge in [-0.25, -0.2) is 8.42 Å². The third-order valence-corrected chi connectivity index (χ3v) is 4.11. The lowest BCUT2D eigenvalue weighted by molar-refractivity contribution is -0.384. The van der Waals surface area contributed by atoms with Crippen molar-refractivity contribution in [2.24, 2.45) is 0 Å².